The SMILES string of the molecule is C=CCOC(=O)NC(CCCCNC(=O)OC(C)(C)C)C(O)C#N. The van der Waals surface area contributed by atoms with Crippen molar-refractivity contribution in [2.24, 2.45) is 0 Å². The molecule has 0 aromatic rings. The van der Waals surface area contributed by atoms with Crippen molar-refractivity contribution in [1.82, 2.24) is 10.6 Å². The smallest absolute Gasteiger partial charge is 0.407 e. The van der Waals surface area contributed by atoms with Crippen molar-refractivity contribution in [2.75, 3.05) is 13.2 Å². The lowest BCUT2D eigenvalue weighted by molar-refractivity contribution is 0.0526. The van der Waals surface area contributed by atoms with E-state index in [0.717, 1.165) is 0 Å². The molecule has 0 aliphatic heterocycles. The minimum Gasteiger partial charge on any atom is -0.445 e. The summed E-state index contributed by atoms with van der Waals surface area (Å²) in [5.74, 6) is 0. The molecule has 2 amide bonds. The third-order valence-corrected chi connectivity index (χ3v) is 2.76. The molecule has 2 atom stereocenters. The van der Waals surface area contributed by atoms with E-state index in [1.54, 1.807) is 26.8 Å². The zero-order chi connectivity index (χ0) is 18.6. The van der Waals surface area contributed by atoms with Crippen molar-refractivity contribution in [1.29, 1.82) is 5.26 Å². The average molecular weight is 341 g/mol. The van der Waals surface area contributed by atoms with Crippen molar-refractivity contribution >= 4 is 12.2 Å². The van der Waals surface area contributed by atoms with Gasteiger partial charge in [0.2, 0.25) is 0 Å². The van der Waals surface area contributed by atoms with Crippen LogP contribution in [-0.2, 0) is 9.47 Å². The quantitative estimate of drug-likeness (QED) is 0.334. The first kappa shape index (κ1) is 21.7. The summed E-state index contributed by atoms with van der Waals surface area (Å²) in [7, 11) is 0. The van der Waals surface area contributed by atoms with Crippen LogP contribution in [-0.4, -0.2) is 48.2 Å². The minimum absolute atomic E-state index is 0.0427. The first-order valence-electron chi connectivity index (χ1n) is 7.78. The highest BCUT2D eigenvalue weighted by Gasteiger charge is 2.21. The van der Waals surface area contributed by atoms with Gasteiger partial charge in [0.1, 0.15) is 12.2 Å². The van der Waals surface area contributed by atoms with E-state index < -0.39 is 29.9 Å². The lowest BCUT2D eigenvalue weighted by Gasteiger charge is -2.20. The van der Waals surface area contributed by atoms with Crippen molar-refractivity contribution in [2.45, 2.75) is 57.8 Å². The third-order valence-electron chi connectivity index (χ3n) is 2.76. The van der Waals surface area contributed by atoms with Crippen molar-refractivity contribution in [3.05, 3.63) is 12.7 Å². The van der Waals surface area contributed by atoms with Crippen LogP contribution in [0.2, 0.25) is 0 Å². The maximum absolute atomic E-state index is 11.5. The molecule has 0 bridgehead atoms. The molecule has 0 aliphatic carbocycles. The fourth-order valence-electron chi connectivity index (χ4n) is 1.72. The normalized spacial score (nSPS) is 13.1. The number of alkyl carbamates (subject to hydrolysis) is 2. The fourth-order valence-corrected chi connectivity index (χ4v) is 1.72. The molecule has 2 unspecified atom stereocenters. The Morgan fingerprint density at radius 3 is 2.54 bits per heavy atom. The largest absolute Gasteiger partial charge is 0.445 e. The molecule has 0 saturated heterocycles. The summed E-state index contributed by atoms with van der Waals surface area (Å²) in [6.45, 7) is 9.18. The maximum atomic E-state index is 11.5. The van der Waals surface area contributed by atoms with E-state index in [4.69, 9.17) is 14.7 Å². The molecule has 0 aromatic carbocycles. The molecule has 136 valence electrons. The van der Waals surface area contributed by atoms with Gasteiger partial charge in [-0.15, -0.1) is 0 Å². The van der Waals surface area contributed by atoms with E-state index in [9.17, 15) is 14.7 Å². The van der Waals surface area contributed by atoms with Gasteiger partial charge < -0.3 is 25.2 Å². The predicted octanol–water partition coefficient (Wildman–Crippen LogP) is 1.85. The summed E-state index contributed by atoms with van der Waals surface area (Å²) in [6.07, 6.45) is 0.424. The molecular weight excluding hydrogens is 314 g/mol. The van der Waals surface area contributed by atoms with Crippen LogP contribution in [0.15, 0.2) is 12.7 Å². The summed E-state index contributed by atoms with van der Waals surface area (Å²) >= 11 is 0. The van der Waals surface area contributed by atoms with E-state index in [-0.39, 0.29) is 6.61 Å². The van der Waals surface area contributed by atoms with Gasteiger partial charge in [-0.3, -0.25) is 0 Å². The Balaban J connectivity index is 4.11. The molecule has 0 radical (unpaired) electrons. The molecule has 0 fully saturated rings. The number of unbranched alkanes of at least 4 members (excludes halogenated alkanes) is 1. The number of nitrogens with zero attached hydrogens (tertiary/aromatic N) is 1. The minimum atomic E-state index is -1.33. The number of carbonyl (C=O) groups is 2. The number of ether oxygens (including phenoxy) is 2. The molecule has 3 N–H and O–H groups in total. The van der Waals surface area contributed by atoms with Crippen LogP contribution >= 0.6 is 0 Å². The Kier molecular flexibility index (Phi) is 10.2. The van der Waals surface area contributed by atoms with Gasteiger partial charge in [0, 0.05) is 6.54 Å². The average Bonchev–Trinajstić information content (AvgIpc) is 2.48. The van der Waals surface area contributed by atoms with Gasteiger partial charge in [0.25, 0.3) is 0 Å². The summed E-state index contributed by atoms with van der Waals surface area (Å²) < 4.78 is 9.86. The molecule has 8 heteroatoms. The Morgan fingerprint density at radius 1 is 1.33 bits per heavy atom. The second-order valence-electron chi connectivity index (χ2n) is 6.14. The number of rotatable bonds is 9. The number of nitriles is 1. The molecule has 0 aliphatic rings. The highest BCUT2D eigenvalue weighted by Crippen LogP contribution is 2.08. The molecule has 0 saturated carbocycles. The third kappa shape index (κ3) is 11.3. The van der Waals surface area contributed by atoms with E-state index in [1.807, 2.05) is 0 Å². The van der Waals surface area contributed by atoms with E-state index in [1.165, 1.54) is 6.08 Å². The van der Waals surface area contributed by atoms with E-state index in [0.29, 0.717) is 25.8 Å². The van der Waals surface area contributed by atoms with Crippen LogP contribution in [0.4, 0.5) is 9.59 Å². The van der Waals surface area contributed by atoms with Gasteiger partial charge in [0.15, 0.2) is 6.10 Å². The first-order chi connectivity index (χ1) is 11.2. The lowest BCUT2D eigenvalue weighted by atomic mass is 10.1. The van der Waals surface area contributed by atoms with Crippen molar-refractivity contribution in [3.8, 4) is 6.07 Å². The Hall–Kier alpha value is -2.27. The Bertz CT molecular complexity index is 454. The molecule has 24 heavy (non-hydrogen) atoms. The number of amides is 2. The summed E-state index contributed by atoms with van der Waals surface area (Å²) in [4.78, 5) is 22.9. The Morgan fingerprint density at radius 2 is 2.00 bits per heavy atom. The fraction of sp³-hybridized carbons (Fsp3) is 0.688. The summed E-state index contributed by atoms with van der Waals surface area (Å²) in [5, 5.41) is 23.5. The zero-order valence-corrected chi connectivity index (χ0v) is 14.5. The molecule has 0 spiro atoms. The van der Waals surface area contributed by atoms with Gasteiger partial charge in [0.05, 0.1) is 12.1 Å². The van der Waals surface area contributed by atoms with Gasteiger partial charge >= 0.3 is 12.2 Å². The predicted molar refractivity (Wildman–Crippen MR) is 88.2 cm³/mol. The van der Waals surface area contributed by atoms with Crippen LogP contribution in [0.25, 0.3) is 0 Å². The number of nitrogens with one attached hydrogen (secondary N) is 2. The van der Waals surface area contributed by atoms with Crippen LogP contribution in [0, 0.1) is 11.3 Å². The zero-order valence-electron chi connectivity index (χ0n) is 14.5. The van der Waals surface area contributed by atoms with Crippen LogP contribution in [0.1, 0.15) is 40.0 Å². The highest BCUT2D eigenvalue weighted by atomic mass is 16.6. The molecule has 0 rings (SSSR count). The van der Waals surface area contributed by atoms with Gasteiger partial charge in [-0.25, -0.2) is 9.59 Å². The van der Waals surface area contributed by atoms with Gasteiger partial charge in [-0.2, -0.15) is 5.26 Å². The molecular formula is C16H27N3O5. The standard InChI is InChI=1S/C16H27N3O5/c1-5-10-23-15(22)19-12(13(20)11-17)8-6-7-9-18-14(21)24-16(2,3)4/h5,12-13,20H,1,6-10H2,2-4H3,(H,18,21)(H,19,22). The molecule has 8 nitrogen and oxygen atoms in total. The van der Waals surface area contributed by atoms with Crippen LogP contribution < -0.4 is 10.6 Å². The first-order valence-corrected chi connectivity index (χ1v) is 7.78. The van der Waals surface area contributed by atoms with Crippen molar-refractivity contribution in [3.63, 3.8) is 0 Å². The second-order valence-corrected chi connectivity index (χ2v) is 6.14. The number of hydrogen-bond acceptors (Lipinski definition) is 6. The molecule has 0 heterocycles. The Labute approximate surface area is 142 Å². The van der Waals surface area contributed by atoms with Gasteiger partial charge in [-0.1, -0.05) is 12.7 Å². The monoisotopic (exact) mass is 341 g/mol. The summed E-state index contributed by atoms with van der Waals surface area (Å²) in [5.41, 5.74) is -0.554. The highest BCUT2D eigenvalue weighted by molar-refractivity contribution is 5.68. The van der Waals surface area contributed by atoms with Crippen LogP contribution in [0.5, 0.6) is 0 Å². The number of carbonyl (C=O) groups excluding carboxylic acids is 2. The number of aliphatic hydroxyl groups excluding tert-OH is 1. The topological polar surface area (TPSA) is 121 Å². The van der Waals surface area contributed by atoms with E-state index in [2.05, 4.69) is 17.2 Å². The van der Waals surface area contributed by atoms with Crippen molar-refractivity contribution < 1.29 is 24.2 Å². The second kappa shape index (κ2) is 11.3. The number of aliphatic hydroxyl groups is 1. The van der Waals surface area contributed by atoms with E-state index >= 15 is 0 Å². The number of hydrogen-bond donors (Lipinski definition) is 3. The molecule has 0 aromatic heterocycles. The lowest BCUT2D eigenvalue weighted by Crippen LogP contribution is -2.43. The van der Waals surface area contributed by atoms with Crippen LogP contribution in [0.3, 0.4) is 0 Å². The summed E-state index contributed by atoms with van der Waals surface area (Å²) in [6, 6.07) is 0.945. The van der Waals surface area contributed by atoms with Gasteiger partial charge in [-0.05, 0) is 40.0 Å². The maximum Gasteiger partial charge on any atom is 0.407 e.